The maximum absolute atomic E-state index is 6.04. The molecular weight excluding hydrogens is 352 g/mol. The lowest BCUT2D eigenvalue weighted by molar-refractivity contribution is 0.299. The van der Waals surface area contributed by atoms with Crippen molar-refractivity contribution in [3.8, 4) is 0 Å². The van der Waals surface area contributed by atoms with Crippen LogP contribution in [0.15, 0.2) is 55.1 Å². The van der Waals surface area contributed by atoms with E-state index in [1.165, 1.54) is 11.1 Å². The minimum Gasteiger partial charge on any atom is -0.413 e. The lowest BCUT2D eigenvalue weighted by atomic mass is 9.97. The van der Waals surface area contributed by atoms with Gasteiger partial charge in [0.1, 0.15) is 0 Å². The molecule has 0 aliphatic heterocycles. The fourth-order valence-electron chi connectivity index (χ4n) is 2.46. The summed E-state index contributed by atoms with van der Waals surface area (Å²) < 4.78 is 12.1. The molecule has 0 unspecified atom stereocenters. The summed E-state index contributed by atoms with van der Waals surface area (Å²) in [6.07, 6.45) is 0. The molecule has 140 valence electrons. The van der Waals surface area contributed by atoms with Gasteiger partial charge in [-0.05, 0) is 79.2 Å². The molecule has 2 aromatic carbocycles. The summed E-state index contributed by atoms with van der Waals surface area (Å²) in [5.74, 6) is 0. The van der Waals surface area contributed by atoms with Crippen molar-refractivity contribution < 1.29 is 8.85 Å². The average molecular weight is 385 g/mol. The zero-order chi connectivity index (χ0) is 19.4. The van der Waals surface area contributed by atoms with Crippen LogP contribution in [0.3, 0.4) is 0 Å². The monoisotopic (exact) mass is 384 g/mol. The van der Waals surface area contributed by atoms with E-state index in [9.17, 15) is 0 Å². The summed E-state index contributed by atoms with van der Waals surface area (Å²) in [7, 11) is -3.03. The molecule has 0 heterocycles. The van der Waals surface area contributed by atoms with Gasteiger partial charge in [0.15, 0.2) is 16.6 Å². The molecule has 0 aromatic heterocycles. The van der Waals surface area contributed by atoms with Crippen molar-refractivity contribution >= 4 is 22.2 Å². The lowest BCUT2D eigenvalue weighted by Gasteiger charge is -2.18. The van der Waals surface area contributed by atoms with Crippen molar-refractivity contribution in [3.05, 3.63) is 77.4 Å². The first-order valence-corrected chi connectivity index (χ1v) is 16.0. The van der Waals surface area contributed by atoms with Crippen LogP contribution in [-0.2, 0) is 22.1 Å². The lowest BCUT2D eigenvalue weighted by Crippen LogP contribution is -2.24. The fraction of sp³-hybridized carbons (Fsp3) is 0.364. The van der Waals surface area contributed by atoms with Crippen molar-refractivity contribution in [3.63, 3.8) is 0 Å². The SMILES string of the molecule is C=C(c1cccc(CO[Si](C)(C)C)c1)c1cccc(CO[Si](C)(C)C)c1. The van der Waals surface area contributed by atoms with Gasteiger partial charge in [0, 0.05) is 0 Å². The normalized spacial score (nSPS) is 12.2. The number of rotatable bonds is 8. The molecule has 0 aliphatic rings. The second-order valence-electron chi connectivity index (χ2n) is 8.68. The van der Waals surface area contributed by atoms with Gasteiger partial charge in [0.2, 0.25) is 0 Å². The molecule has 0 saturated carbocycles. The molecule has 26 heavy (non-hydrogen) atoms. The van der Waals surface area contributed by atoms with Crippen molar-refractivity contribution in [2.24, 2.45) is 0 Å². The van der Waals surface area contributed by atoms with E-state index in [0.717, 1.165) is 16.7 Å². The molecule has 0 saturated heterocycles. The molecule has 0 amide bonds. The standard InChI is InChI=1S/C22H32O2Si2/c1-18(21-12-8-10-19(14-21)16-23-25(2,3)4)22-13-9-11-20(15-22)17-24-26(5,6)7/h8-15H,1,16-17H2,2-7H3. The average Bonchev–Trinajstić information content (AvgIpc) is 2.57. The summed E-state index contributed by atoms with van der Waals surface area (Å²) >= 11 is 0. The van der Waals surface area contributed by atoms with E-state index in [2.05, 4.69) is 94.4 Å². The summed E-state index contributed by atoms with van der Waals surface area (Å²) in [5, 5.41) is 0. The molecule has 2 aromatic rings. The van der Waals surface area contributed by atoms with Crippen LogP contribution in [0.1, 0.15) is 22.3 Å². The van der Waals surface area contributed by atoms with Crippen LogP contribution in [0.2, 0.25) is 39.3 Å². The summed E-state index contributed by atoms with van der Waals surface area (Å²) in [5.41, 5.74) is 5.72. The highest BCUT2D eigenvalue weighted by atomic mass is 28.4. The van der Waals surface area contributed by atoms with Gasteiger partial charge in [0.25, 0.3) is 0 Å². The highest BCUT2D eigenvalue weighted by molar-refractivity contribution is 6.70. The zero-order valence-corrected chi connectivity index (χ0v) is 19.1. The molecule has 0 aliphatic carbocycles. The minimum absolute atomic E-state index is 0.668. The zero-order valence-electron chi connectivity index (χ0n) is 17.1. The second-order valence-corrected chi connectivity index (χ2v) is 17.7. The van der Waals surface area contributed by atoms with Crippen LogP contribution < -0.4 is 0 Å². The number of hydrogen-bond acceptors (Lipinski definition) is 2. The Morgan fingerprint density at radius 1 is 0.731 bits per heavy atom. The highest BCUT2D eigenvalue weighted by Crippen LogP contribution is 2.24. The summed E-state index contributed by atoms with van der Waals surface area (Å²) in [6, 6.07) is 17.0. The third-order valence-electron chi connectivity index (χ3n) is 3.89. The smallest absolute Gasteiger partial charge is 0.184 e. The maximum Gasteiger partial charge on any atom is 0.184 e. The molecule has 2 nitrogen and oxygen atoms in total. The van der Waals surface area contributed by atoms with Crippen LogP contribution in [0, 0.1) is 0 Å². The maximum atomic E-state index is 6.04. The van der Waals surface area contributed by atoms with Crippen molar-refractivity contribution in [1.29, 1.82) is 0 Å². The van der Waals surface area contributed by atoms with Gasteiger partial charge in [-0.1, -0.05) is 43.0 Å². The second kappa shape index (κ2) is 8.48. The topological polar surface area (TPSA) is 18.5 Å². The highest BCUT2D eigenvalue weighted by Gasteiger charge is 2.15. The van der Waals surface area contributed by atoms with Crippen LogP contribution in [0.4, 0.5) is 0 Å². The molecule has 2 rings (SSSR count). The van der Waals surface area contributed by atoms with Gasteiger partial charge < -0.3 is 8.85 Å². The largest absolute Gasteiger partial charge is 0.413 e. The first-order valence-electron chi connectivity index (χ1n) is 9.19. The Hall–Kier alpha value is -1.47. The Kier molecular flexibility index (Phi) is 6.80. The fourth-order valence-corrected chi connectivity index (χ4v) is 3.66. The van der Waals surface area contributed by atoms with Gasteiger partial charge in [-0.3, -0.25) is 0 Å². The van der Waals surface area contributed by atoms with Gasteiger partial charge in [0.05, 0.1) is 13.2 Å². The van der Waals surface area contributed by atoms with Gasteiger partial charge >= 0.3 is 0 Å². The van der Waals surface area contributed by atoms with Crippen LogP contribution in [-0.4, -0.2) is 16.6 Å². The van der Waals surface area contributed by atoms with Gasteiger partial charge in [-0.25, -0.2) is 0 Å². The van der Waals surface area contributed by atoms with E-state index in [0.29, 0.717) is 13.2 Å². The molecule has 4 heteroatoms. The molecule has 0 atom stereocenters. The third kappa shape index (κ3) is 7.04. The minimum atomic E-state index is -1.51. The predicted molar refractivity (Wildman–Crippen MR) is 117 cm³/mol. The Morgan fingerprint density at radius 2 is 1.12 bits per heavy atom. The van der Waals surface area contributed by atoms with Crippen molar-refractivity contribution in [1.82, 2.24) is 0 Å². The van der Waals surface area contributed by atoms with Crippen LogP contribution in [0.25, 0.3) is 5.57 Å². The Labute approximate surface area is 161 Å². The van der Waals surface area contributed by atoms with E-state index in [1.807, 2.05) is 0 Å². The van der Waals surface area contributed by atoms with Crippen molar-refractivity contribution in [2.75, 3.05) is 0 Å². The summed E-state index contributed by atoms with van der Waals surface area (Å²) in [6.45, 7) is 18.9. The Bertz CT molecular complexity index is 692. The molecule has 0 bridgehead atoms. The van der Waals surface area contributed by atoms with Crippen LogP contribution in [0.5, 0.6) is 0 Å². The van der Waals surface area contributed by atoms with E-state index in [4.69, 9.17) is 8.85 Å². The first-order chi connectivity index (χ1) is 12.0. The van der Waals surface area contributed by atoms with E-state index < -0.39 is 16.6 Å². The first kappa shape index (κ1) is 20.8. The Morgan fingerprint density at radius 3 is 1.46 bits per heavy atom. The predicted octanol–water partition coefficient (Wildman–Crippen LogP) is 6.45. The molecular formula is C22H32O2Si2. The molecule has 0 spiro atoms. The summed E-state index contributed by atoms with van der Waals surface area (Å²) in [4.78, 5) is 0. The number of hydrogen-bond donors (Lipinski definition) is 0. The molecule has 0 N–H and O–H groups in total. The quantitative estimate of drug-likeness (QED) is 0.487. The number of benzene rings is 2. The Balaban J connectivity index is 2.13. The third-order valence-corrected chi connectivity index (χ3v) is 5.92. The van der Waals surface area contributed by atoms with Gasteiger partial charge in [-0.15, -0.1) is 0 Å². The van der Waals surface area contributed by atoms with Crippen LogP contribution >= 0.6 is 0 Å². The van der Waals surface area contributed by atoms with E-state index in [-0.39, 0.29) is 0 Å². The van der Waals surface area contributed by atoms with E-state index in [1.54, 1.807) is 0 Å². The van der Waals surface area contributed by atoms with Crippen molar-refractivity contribution in [2.45, 2.75) is 52.5 Å². The molecule has 0 radical (unpaired) electrons. The van der Waals surface area contributed by atoms with E-state index >= 15 is 0 Å². The van der Waals surface area contributed by atoms with Gasteiger partial charge in [-0.2, -0.15) is 0 Å². The molecule has 0 fully saturated rings.